The summed E-state index contributed by atoms with van der Waals surface area (Å²) in [5.41, 5.74) is 12.0. The lowest BCUT2D eigenvalue weighted by Gasteiger charge is -2.35. The Morgan fingerprint density at radius 3 is 1.83 bits per heavy atom. The van der Waals surface area contributed by atoms with Crippen molar-refractivity contribution in [1.82, 2.24) is 15.0 Å². The smallest absolute Gasteiger partial charge is 0.164 e. The molecule has 0 saturated heterocycles. The SMILES string of the molecule is CC1(C)Cc2ccccc2-c2c(-c3cc(-c4nc(-c5ccccc5)nc(-c5ccccc5)n4)cc4oc5ccccc5c34)cccc21. The number of rotatable bonds is 4. The number of nitrogens with zero attached hydrogens (tertiary/aromatic N) is 3. The Balaban J connectivity index is 1.36. The van der Waals surface area contributed by atoms with Gasteiger partial charge in [0.2, 0.25) is 0 Å². The fraction of sp³-hybridized carbons (Fsp3) is 0.0930. The molecule has 0 spiro atoms. The summed E-state index contributed by atoms with van der Waals surface area (Å²) in [6.45, 7) is 4.71. The van der Waals surface area contributed by atoms with Crippen molar-refractivity contribution in [2.24, 2.45) is 0 Å². The summed E-state index contributed by atoms with van der Waals surface area (Å²) >= 11 is 0. The third-order valence-corrected chi connectivity index (χ3v) is 9.44. The highest BCUT2D eigenvalue weighted by atomic mass is 16.3. The van der Waals surface area contributed by atoms with Crippen LogP contribution in [0.5, 0.6) is 0 Å². The van der Waals surface area contributed by atoms with Crippen molar-refractivity contribution in [2.45, 2.75) is 25.7 Å². The number of benzene rings is 6. The van der Waals surface area contributed by atoms with Crippen LogP contribution in [0.4, 0.5) is 0 Å². The molecule has 9 rings (SSSR count). The quantitative estimate of drug-likeness (QED) is 0.200. The lowest BCUT2D eigenvalue weighted by Crippen LogP contribution is -2.25. The summed E-state index contributed by atoms with van der Waals surface area (Å²) in [6, 6.07) is 48.5. The average molecular weight is 606 g/mol. The van der Waals surface area contributed by atoms with Crippen LogP contribution in [0.15, 0.2) is 144 Å². The van der Waals surface area contributed by atoms with Crippen molar-refractivity contribution in [1.29, 1.82) is 0 Å². The molecule has 0 amide bonds. The maximum absolute atomic E-state index is 6.59. The van der Waals surface area contributed by atoms with Crippen LogP contribution in [-0.2, 0) is 11.8 Å². The molecule has 0 atom stereocenters. The van der Waals surface area contributed by atoms with Gasteiger partial charge >= 0.3 is 0 Å². The van der Waals surface area contributed by atoms with Crippen LogP contribution >= 0.6 is 0 Å². The molecule has 8 aromatic rings. The van der Waals surface area contributed by atoms with Crippen molar-refractivity contribution in [3.8, 4) is 56.4 Å². The number of furan rings is 1. The van der Waals surface area contributed by atoms with E-state index in [9.17, 15) is 0 Å². The molecule has 47 heavy (non-hydrogen) atoms. The first kappa shape index (κ1) is 27.4. The number of hydrogen-bond acceptors (Lipinski definition) is 4. The predicted molar refractivity (Wildman–Crippen MR) is 191 cm³/mol. The van der Waals surface area contributed by atoms with E-state index in [0.29, 0.717) is 17.5 Å². The first-order valence-corrected chi connectivity index (χ1v) is 16.1. The van der Waals surface area contributed by atoms with Gasteiger partial charge in [0.05, 0.1) is 0 Å². The second-order valence-corrected chi connectivity index (χ2v) is 13.0. The van der Waals surface area contributed by atoms with Crippen LogP contribution in [0.25, 0.3) is 78.4 Å². The minimum absolute atomic E-state index is 0.0156. The van der Waals surface area contributed by atoms with E-state index in [-0.39, 0.29) is 5.41 Å². The van der Waals surface area contributed by atoms with E-state index in [1.165, 1.54) is 27.8 Å². The van der Waals surface area contributed by atoms with Gasteiger partial charge in [-0.05, 0) is 63.4 Å². The summed E-state index contributed by atoms with van der Waals surface area (Å²) in [5.74, 6) is 1.87. The predicted octanol–water partition coefficient (Wildman–Crippen LogP) is 10.9. The van der Waals surface area contributed by atoms with Gasteiger partial charge in [-0.2, -0.15) is 0 Å². The molecule has 2 aromatic heterocycles. The Morgan fingerprint density at radius 1 is 0.511 bits per heavy atom. The first-order valence-electron chi connectivity index (χ1n) is 16.1. The van der Waals surface area contributed by atoms with Gasteiger partial charge in [0.15, 0.2) is 17.5 Å². The number of hydrogen-bond donors (Lipinski definition) is 0. The average Bonchev–Trinajstić information content (AvgIpc) is 3.50. The number of para-hydroxylation sites is 1. The zero-order valence-corrected chi connectivity index (χ0v) is 26.2. The van der Waals surface area contributed by atoms with Crippen LogP contribution in [-0.4, -0.2) is 15.0 Å². The molecule has 0 saturated carbocycles. The highest BCUT2D eigenvalue weighted by Gasteiger charge is 2.33. The molecule has 0 bridgehead atoms. The van der Waals surface area contributed by atoms with Crippen LogP contribution < -0.4 is 0 Å². The Morgan fingerprint density at radius 2 is 1.11 bits per heavy atom. The maximum atomic E-state index is 6.59. The largest absolute Gasteiger partial charge is 0.456 e. The third kappa shape index (κ3) is 4.56. The Labute approximate surface area is 273 Å². The van der Waals surface area contributed by atoms with Gasteiger partial charge in [0, 0.05) is 27.5 Å². The van der Waals surface area contributed by atoms with E-state index >= 15 is 0 Å². The fourth-order valence-corrected chi connectivity index (χ4v) is 7.25. The second kappa shape index (κ2) is 10.6. The lowest BCUT2D eigenvalue weighted by molar-refractivity contribution is 0.517. The summed E-state index contributed by atoms with van der Waals surface area (Å²) in [7, 11) is 0. The van der Waals surface area contributed by atoms with E-state index in [2.05, 4.69) is 80.6 Å². The monoisotopic (exact) mass is 605 g/mol. The molecule has 4 heteroatoms. The van der Waals surface area contributed by atoms with Gasteiger partial charge in [0.25, 0.3) is 0 Å². The topological polar surface area (TPSA) is 51.8 Å². The van der Waals surface area contributed by atoms with Gasteiger partial charge in [-0.25, -0.2) is 15.0 Å². The molecule has 224 valence electrons. The third-order valence-electron chi connectivity index (χ3n) is 9.44. The Hall–Kier alpha value is -5.87. The molecule has 0 fully saturated rings. The number of aromatic nitrogens is 3. The van der Waals surface area contributed by atoms with Crippen molar-refractivity contribution >= 4 is 21.9 Å². The zero-order chi connectivity index (χ0) is 31.5. The van der Waals surface area contributed by atoms with Gasteiger partial charge in [-0.15, -0.1) is 0 Å². The minimum Gasteiger partial charge on any atom is -0.456 e. The normalized spacial score (nSPS) is 13.4. The molecule has 0 radical (unpaired) electrons. The van der Waals surface area contributed by atoms with E-state index < -0.39 is 0 Å². The second-order valence-electron chi connectivity index (χ2n) is 13.0. The van der Waals surface area contributed by atoms with Gasteiger partial charge < -0.3 is 4.42 Å². The Kier molecular flexibility index (Phi) is 6.19. The van der Waals surface area contributed by atoms with Crippen molar-refractivity contribution < 1.29 is 4.42 Å². The van der Waals surface area contributed by atoms with Crippen molar-refractivity contribution in [2.75, 3.05) is 0 Å². The molecule has 4 nitrogen and oxygen atoms in total. The number of fused-ring (bicyclic) bond motifs is 6. The highest BCUT2D eigenvalue weighted by Crippen LogP contribution is 2.50. The minimum atomic E-state index is -0.0156. The summed E-state index contributed by atoms with van der Waals surface area (Å²) < 4.78 is 6.59. The van der Waals surface area contributed by atoms with Gasteiger partial charge in [-0.1, -0.05) is 135 Å². The first-order chi connectivity index (χ1) is 23.0. The van der Waals surface area contributed by atoms with Crippen molar-refractivity contribution in [3.05, 3.63) is 151 Å². The maximum Gasteiger partial charge on any atom is 0.164 e. The van der Waals surface area contributed by atoms with Gasteiger partial charge in [0.1, 0.15) is 11.2 Å². The van der Waals surface area contributed by atoms with E-state index in [1.807, 2.05) is 72.8 Å². The zero-order valence-electron chi connectivity index (χ0n) is 26.2. The van der Waals surface area contributed by atoms with Gasteiger partial charge in [-0.3, -0.25) is 0 Å². The summed E-state index contributed by atoms with van der Waals surface area (Å²) in [5, 5.41) is 2.19. The van der Waals surface area contributed by atoms with E-state index in [4.69, 9.17) is 19.4 Å². The van der Waals surface area contributed by atoms with E-state index in [1.54, 1.807) is 0 Å². The van der Waals surface area contributed by atoms with E-state index in [0.717, 1.165) is 50.6 Å². The molecule has 0 unspecified atom stereocenters. The van der Waals surface area contributed by atoms with Crippen LogP contribution in [0.1, 0.15) is 25.0 Å². The summed E-state index contributed by atoms with van der Waals surface area (Å²) in [6.07, 6.45) is 0.999. The molecule has 1 aliphatic carbocycles. The molecule has 6 aromatic carbocycles. The molecule has 2 heterocycles. The van der Waals surface area contributed by atoms with Crippen molar-refractivity contribution in [3.63, 3.8) is 0 Å². The van der Waals surface area contributed by atoms with Crippen LogP contribution in [0.3, 0.4) is 0 Å². The molecule has 0 aliphatic heterocycles. The Bertz CT molecular complexity index is 2400. The standard InChI is InChI=1S/C43H31N3O/c1-43(2)26-29-18-9-10-19-31(29)38-32(21-13-22-35(38)43)34-24-30(25-37-39(34)33-20-11-12-23-36(33)47-37)42-45-40(27-14-5-3-6-15-27)44-41(46-42)28-16-7-4-8-17-28/h3-25H,26H2,1-2H3. The van der Waals surface area contributed by atoms with Crippen LogP contribution in [0.2, 0.25) is 0 Å². The highest BCUT2D eigenvalue weighted by molar-refractivity contribution is 6.15. The molecule has 0 N–H and O–H groups in total. The molecule has 1 aliphatic rings. The summed E-state index contributed by atoms with van der Waals surface area (Å²) in [4.78, 5) is 15.1. The lowest BCUT2D eigenvalue weighted by atomic mass is 9.68. The van der Waals surface area contributed by atoms with Crippen LogP contribution in [0, 0.1) is 0 Å². The molecular weight excluding hydrogens is 574 g/mol. The molecular formula is C43H31N3O. The fourth-order valence-electron chi connectivity index (χ4n) is 7.25.